The summed E-state index contributed by atoms with van der Waals surface area (Å²) in [5.41, 5.74) is 1.54. The topological polar surface area (TPSA) is 3.24 Å². The first-order chi connectivity index (χ1) is 8.24. The summed E-state index contributed by atoms with van der Waals surface area (Å²) in [6.45, 7) is 3.25. The molecule has 1 aromatic carbocycles. The Morgan fingerprint density at radius 3 is 2.82 bits per heavy atom. The third kappa shape index (κ3) is 1.70. The van der Waals surface area contributed by atoms with Gasteiger partial charge in [0.25, 0.3) is 0 Å². The van der Waals surface area contributed by atoms with Crippen LogP contribution in [0.4, 0.5) is 4.39 Å². The normalized spacial score (nSPS) is 37.3. The van der Waals surface area contributed by atoms with E-state index in [0.29, 0.717) is 6.04 Å². The first-order valence-electron chi connectivity index (χ1n) is 6.62. The van der Waals surface area contributed by atoms with Gasteiger partial charge in [0.15, 0.2) is 0 Å². The van der Waals surface area contributed by atoms with Crippen molar-refractivity contribution >= 4 is 0 Å². The lowest BCUT2D eigenvalue weighted by atomic mass is 9.89. The monoisotopic (exact) mass is 233 g/mol. The van der Waals surface area contributed by atoms with Gasteiger partial charge in [-0.2, -0.15) is 0 Å². The maximum absolute atomic E-state index is 13.3. The van der Waals surface area contributed by atoms with Crippen LogP contribution in [0, 0.1) is 5.92 Å². The average Bonchev–Trinajstić information content (AvgIpc) is 2.83. The molecule has 17 heavy (non-hydrogen) atoms. The summed E-state index contributed by atoms with van der Waals surface area (Å²) in [4.78, 5) is 2.55. The zero-order valence-corrected chi connectivity index (χ0v) is 10.4. The molecule has 2 heterocycles. The van der Waals surface area contributed by atoms with E-state index in [1.165, 1.54) is 18.4 Å². The number of fused-ring (bicyclic) bond motifs is 1. The van der Waals surface area contributed by atoms with E-state index in [0.717, 1.165) is 13.0 Å². The van der Waals surface area contributed by atoms with Gasteiger partial charge in [-0.15, -0.1) is 0 Å². The van der Waals surface area contributed by atoms with E-state index in [4.69, 9.17) is 0 Å². The number of halogens is 1. The molecule has 0 radical (unpaired) electrons. The smallest absolute Gasteiger partial charge is 0.0941 e. The molecule has 92 valence electrons. The maximum Gasteiger partial charge on any atom is 0.0941 e. The van der Waals surface area contributed by atoms with E-state index in [-0.39, 0.29) is 18.1 Å². The Bertz CT molecular complexity index is 391. The Kier molecular flexibility index (Phi) is 2.70. The molecule has 1 unspecified atom stereocenters. The van der Waals surface area contributed by atoms with Crippen LogP contribution in [0.2, 0.25) is 0 Å². The van der Waals surface area contributed by atoms with Crippen LogP contribution in [0.25, 0.3) is 0 Å². The molecule has 0 bridgehead atoms. The van der Waals surface area contributed by atoms with Gasteiger partial charge in [0.2, 0.25) is 0 Å². The molecule has 0 N–H and O–H groups in total. The summed E-state index contributed by atoms with van der Waals surface area (Å²) in [6.07, 6.45) is 3.51. The molecule has 1 nitrogen and oxygen atoms in total. The lowest BCUT2D eigenvalue weighted by Crippen LogP contribution is -2.36. The standard InChI is InChI=1S/C15H20FN/c1-15-8-5-9-17(15)14(13(10-15)11-16)12-6-3-2-4-7-12/h2-4,6-7,13-14H,5,8-11H2,1H3/t13-,14+,15?/m1/s1. The Balaban J connectivity index is 1.96. The van der Waals surface area contributed by atoms with Crippen molar-refractivity contribution in [1.29, 1.82) is 0 Å². The molecule has 0 aliphatic carbocycles. The second kappa shape index (κ2) is 4.09. The fraction of sp³-hybridized carbons (Fsp3) is 0.600. The molecule has 0 spiro atoms. The van der Waals surface area contributed by atoms with Gasteiger partial charge in [0.05, 0.1) is 6.67 Å². The maximum atomic E-state index is 13.3. The molecule has 2 aliphatic heterocycles. The third-order valence-corrected chi connectivity index (χ3v) is 4.63. The molecular formula is C15H20FN. The first-order valence-corrected chi connectivity index (χ1v) is 6.62. The van der Waals surface area contributed by atoms with Crippen LogP contribution >= 0.6 is 0 Å². The van der Waals surface area contributed by atoms with Gasteiger partial charge in [-0.25, -0.2) is 0 Å². The highest BCUT2D eigenvalue weighted by Crippen LogP contribution is 2.51. The Labute approximate surface area is 103 Å². The second-order valence-corrected chi connectivity index (χ2v) is 5.77. The number of alkyl halides is 1. The summed E-state index contributed by atoms with van der Waals surface area (Å²) in [7, 11) is 0. The zero-order chi connectivity index (χ0) is 11.9. The Morgan fingerprint density at radius 2 is 2.12 bits per heavy atom. The van der Waals surface area contributed by atoms with E-state index in [1.807, 2.05) is 6.07 Å². The molecule has 2 heteroatoms. The number of nitrogens with zero attached hydrogens (tertiary/aromatic N) is 1. The van der Waals surface area contributed by atoms with Gasteiger partial charge in [0, 0.05) is 17.5 Å². The molecule has 0 amide bonds. The summed E-state index contributed by atoms with van der Waals surface area (Å²) < 4.78 is 13.3. The quantitative estimate of drug-likeness (QED) is 0.754. The van der Waals surface area contributed by atoms with Crippen LogP contribution < -0.4 is 0 Å². The Hall–Kier alpha value is -0.890. The van der Waals surface area contributed by atoms with Crippen LogP contribution in [0.1, 0.15) is 37.8 Å². The van der Waals surface area contributed by atoms with E-state index in [1.54, 1.807) is 0 Å². The molecule has 0 aromatic heterocycles. The molecular weight excluding hydrogens is 213 g/mol. The van der Waals surface area contributed by atoms with Crippen molar-refractivity contribution in [1.82, 2.24) is 4.90 Å². The predicted molar refractivity (Wildman–Crippen MR) is 67.6 cm³/mol. The van der Waals surface area contributed by atoms with Crippen LogP contribution in [-0.4, -0.2) is 23.7 Å². The minimum atomic E-state index is -0.189. The molecule has 3 rings (SSSR count). The van der Waals surface area contributed by atoms with Crippen LogP contribution in [0.3, 0.4) is 0 Å². The largest absolute Gasteiger partial charge is 0.291 e. The van der Waals surface area contributed by atoms with Crippen molar-refractivity contribution in [3.05, 3.63) is 35.9 Å². The number of hydrogen-bond donors (Lipinski definition) is 0. The summed E-state index contributed by atoms with van der Waals surface area (Å²) in [5.74, 6) is 0.183. The van der Waals surface area contributed by atoms with Gasteiger partial charge in [-0.3, -0.25) is 9.29 Å². The summed E-state index contributed by atoms with van der Waals surface area (Å²) >= 11 is 0. The fourth-order valence-electron chi connectivity index (χ4n) is 3.91. The van der Waals surface area contributed by atoms with Crippen molar-refractivity contribution < 1.29 is 4.39 Å². The van der Waals surface area contributed by atoms with Gasteiger partial charge in [0.1, 0.15) is 0 Å². The van der Waals surface area contributed by atoms with Crippen LogP contribution in [-0.2, 0) is 0 Å². The Morgan fingerprint density at radius 1 is 1.35 bits per heavy atom. The SMILES string of the molecule is CC12CCCN1[C@@H](c1ccccc1)[C@@H](CF)C2. The number of hydrogen-bond acceptors (Lipinski definition) is 1. The minimum absolute atomic E-state index is 0.183. The summed E-state index contributed by atoms with van der Waals surface area (Å²) in [6, 6.07) is 10.8. The molecule has 2 fully saturated rings. The molecule has 3 atom stereocenters. The van der Waals surface area contributed by atoms with Crippen molar-refractivity contribution in [3.63, 3.8) is 0 Å². The van der Waals surface area contributed by atoms with E-state index in [2.05, 4.69) is 36.1 Å². The predicted octanol–water partition coefficient (Wildman–Crippen LogP) is 3.57. The second-order valence-electron chi connectivity index (χ2n) is 5.77. The summed E-state index contributed by atoms with van der Waals surface area (Å²) in [5, 5.41) is 0. The number of rotatable bonds is 2. The van der Waals surface area contributed by atoms with Crippen LogP contribution in [0.5, 0.6) is 0 Å². The van der Waals surface area contributed by atoms with E-state index in [9.17, 15) is 4.39 Å². The molecule has 1 aromatic rings. The van der Waals surface area contributed by atoms with Crippen molar-refractivity contribution in [2.75, 3.05) is 13.2 Å². The minimum Gasteiger partial charge on any atom is -0.291 e. The fourth-order valence-corrected chi connectivity index (χ4v) is 3.91. The van der Waals surface area contributed by atoms with E-state index < -0.39 is 0 Å². The van der Waals surface area contributed by atoms with E-state index >= 15 is 0 Å². The van der Waals surface area contributed by atoms with Gasteiger partial charge in [-0.1, -0.05) is 30.3 Å². The van der Waals surface area contributed by atoms with Crippen molar-refractivity contribution in [3.8, 4) is 0 Å². The van der Waals surface area contributed by atoms with Gasteiger partial charge >= 0.3 is 0 Å². The molecule has 2 saturated heterocycles. The third-order valence-electron chi connectivity index (χ3n) is 4.63. The van der Waals surface area contributed by atoms with Crippen molar-refractivity contribution in [2.24, 2.45) is 5.92 Å². The highest BCUT2D eigenvalue weighted by atomic mass is 19.1. The van der Waals surface area contributed by atoms with Gasteiger partial charge < -0.3 is 0 Å². The molecule has 2 aliphatic rings. The molecule has 0 saturated carbocycles. The van der Waals surface area contributed by atoms with Crippen molar-refractivity contribution in [2.45, 2.75) is 37.8 Å². The lowest BCUT2D eigenvalue weighted by Gasteiger charge is -2.32. The highest BCUT2D eigenvalue weighted by Gasteiger charge is 2.51. The zero-order valence-electron chi connectivity index (χ0n) is 10.4. The lowest BCUT2D eigenvalue weighted by molar-refractivity contribution is 0.157. The van der Waals surface area contributed by atoms with Crippen LogP contribution in [0.15, 0.2) is 30.3 Å². The number of benzene rings is 1. The van der Waals surface area contributed by atoms with Gasteiger partial charge in [-0.05, 0) is 38.3 Å². The highest BCUT2D eigenvalue weighted by molar-refractivity contribution is 5.24. The first kappa shape index (κ1) is 11.2. The average molecular weight is 233 g/mol.